The lowest BCUT2D eigenvalue weighted by Crippen LogP contribution is -2.41. The van der Waals surface area contributed by atoms with Crippen molar-refractivity contribution < 1.29 is 24.0 Å². The number of thioether (sulfide) groups is 1. The number of carboxylic acid groups (broad SMARTS) is 1. The molecule has 0 unspecified atom stereocenters. The lowest BCUT2D eigenvalue weighted by Gasteiger charge is -2.32. The normalized spacial score (nSPS) is 18.8. The fraction of sp³-hybridized carbons (Fsp3) is 0.444. The standard InChI is InChI=1S/C18H22BClO5S/c1-11(21)26-10-14(19-24-17(2,3)18(4,5)25-19)7-12-6-13(16(22)23)9-15(20)8-12/h6-9H,10H2,1-5H3,(H,22,23). The second-order valence-corrected chi connectivity index (χ2v) is 8.75. The van der Waals surface area contributed by atoms with Crippen LogP contribution in [0, 0.1) is 0 Å². The van der Waals surface area contributed by atoms with E-state index in [1.165, 1.54) is 19.1 Å². The van der Waals surface area contributed by atoms with Crippen LogP contribution >= 0.6 is 23.4 Å². The second kappa shape index (κ2) is 7.76. The van der Waals surface area contributed by atoms with E-state index >= 15 is 0 Å². The average molecular weight is 397 g/mol. The fourth-order valence-electron chi connectivity index (χ4n) is 2.39. The summed E-state index contributed by atoms with van der Waals surface area (Å²) in [4.78, 5) is 22.7. The molecule has 1 aromatic rings. The monoisotopic (exact) mass is 396 g/mol. The van der Waals surface area contributed by atoms with E-state index in [9.17, 15) is 14.7 Å². The third kappa shape index (κ3) is 4.91. The molecule has 0 aliphatic carbocycles. The van der Waals surface area contributed by atoms with E-state index < -0.39 is 24.3 Å². The molecule has 1 heterocycles. The smallest absolute Gasteiger partial charge is 0.478 e. The first-order valence-corrected chi connectivity index (χ1v) is 9.51. The maximum Gasteiger partial charge on any atom is 0.491 e. The Balaban J connectivity index is 2.41. The van der Waals surface area contributed by atoms with Gasteiger partial charge in [-0.3, -0.25) is 4.79 Å². The summed E-state index contributed by atoms with van der Waals surface area (Å²) in [5.74, 6) is -0.682. The molecule has 0 radical (unpaired) electrons. The Morgan fingerprint density at radius 2 is 1.77 bits per heavy atom. The van der Waals surface area contributed by atoms with Crippen LogP contribution in [-0.4, -0.2) is 40.3 Å². The zero-order valence-corrected chi connectivity index (χ0v) is 17.0. The molecule has 0 saturated carbocycles. The number of aromatic carboxylic acids is 1. The molecular weight excluding hydrogens is 375 g/mol. The Bertz CT molecular complexity index is 744. The highest BCUT2D eigenvalue weighted by Gasteiger charge is 2.52. The molecule has 1 N–H and O–H groups in total. The molecule has 0 atom stereocenters. The largest absolute Gasteiger partial charge is 0.491 e. The number of carbonyl (C=O) groups is 2. The molecule has 1 fully saturated rings. The Morgan fingerprint density at radius 3 is 2.27 bits per heavy atom. The molecule has 5 nitrogen and oxygen atoms in total. The van der Waals surface area contributed by atoms with Gasteiger partial charge in [-0.05, 0) is 56.9 Å². The summed E-state index contributed by atoms with van der Waals surface area (Å²) < 4.78 is 12.1. The quantitative estimate of drug-likeness (QED) is 0.747. The average Bonchev–Trinajstić information content (AvgIpc) is 2.70. The van der Waals surface area contributed by atoms with Gasteiger partial charge in [-0.15, -0.1) is 0 Å². The lowest BCUT2D eigenvalue weighted by atomic mass is 9.78. The van der Waals surface area contributed by atoms with Gasteiger partial charge in [0.25, 0.3) is 0 Å². The number of carboxylic acids is 1. The third-order valence-electron chi connectivity index (χ3n) is 4.52. The van der Waals surface area contributed by atoms with Crippen LogP contribution in [0.4, 0.5) is 0 Å². The summed E-state index contributed by atoms with van der Waals surface area (Å²) in [6.45, 7) is 9.29. The van der Waals surface area contributed by atoms with E-state index in [-0.39, 0.29) is 10.7 Å². The Hall–Kier alpha value is -1.28. The van der Waals surface area contributed by atoms with E-state index in [1.54, 1.807) is 12.1 Å². The third-order valence-corrected chi connectivity index (χ3v) is 5.62. The van der Waals surface area contributed by atoms with Gasteiger partial charge in [-0.1, -0.05) is 29.4 Å². The SMILES string of the molecule is CC(=O)SCC(=Cc1cc(Cl)cc(C(=O)O)c1)B1OC(C)(C)C(C)(C)O1. The van der Waals surface area contributed by atoms with Crippen molar-refractivity contribution in [1.29, 1.82) is 0 Å². The van der Waals surface area contributed by atoms with Gasteiger partial charge in [-0.25, -0.2) is 4.79 Å². The van der Waals surface area contributed by atoms with Crippen LogP contribution in [0.3, 0.4) is 0 Å². The molecule has 0 bridgehead atoms. The first-order chi connectivity index (χ1) is 11.9. The number of benzene rings is 1. The van der Waals surface area contributed by atoms with Crippen molar-refractivity contribution in [2.75, 3.05) is 5.75 Å². The Kier molecular flexibility index (Phi) is 6.28. The maximum absolute atomic E-state index is 11.4. The predicted molar refractivity (Wildman–Crippen MR) is 106 cm³/mol. The van der Waals surface area contributed by atoms with Gasteiger partial charge < -0.3 is 14.4 Å². The van der Waals surface area contributed by atoms with Gasteiger partial charge in [-0.2, -0.15) is 0 Å². The van der Waals surface area contributed by atoms with Crippen molar-refractivity contribution in [2.45, 2.75) is 45.8 Å². The fourth-order valence-corrected chi connectivity index (χ4v) is 3.22. The molecule has 140 valence electrons. The van der Waals surface area contributed by atoms with Crippen LogP contribution in [-0.2, 0) is 14.1 Å². The predicted octanol–water partition coefficient (Wildman–Crippen LogP) is 4.33. The van der Waals surface area contributed by atoms with Gasteiger partial charge in [0.05, 0.1) is 16.8 Å². The van der Waals surface area contributed by atoms with Crippen molar-refractivity contribution in [1.82, 2.24) is 0 Å². The van der Waals surface area contributed by atoms with E-state index in [4.69, 9.17) is 20.9 Å². The number of carbonyl (C=O) groups excluding carboxylic acids is 1. The molecule has 8 heteroatoms. The molecule has 1 aliphatic rings. The molecule has 0 spiro atoms. The molecule has 1 aliphatic heterocycles. The van der Waals surface area contributed by atoms with Crippen molar-refractivity contribution >= 4 is 47.6 Å². The van der Waals surface area contributed by atoms with Crippen LogP contribution in [0.5, 0.6) is 0 Å². The van der Waals surface area contributed by atoms with Crippen LogP contribution in [0.2, 0.25) is 5.02 Å². The number of hydrogen-bond acceptors (Lipinski definition) is 5. The van der Waals surface area contributed by atoms with Crippen molar-refractivity contribution in [2.24, 2.45) is 0 Å². The number of hydrogen-bond donors (Lipinski definition) is 1. The van der Waals surface area contributed by atoms with Crippen LogP contribution < -0.4 is 0 Å². The number of halogens is 1. The van der Waals surface area contributed by atoms with Crippen molar-refractivity contribution in [3.05, 3.63) is 39.8 Å². The van der Waals surface area contributed by atoms with Gasteiger partial charge in [0.1, 0.15) is 0 Å². The minimum absolute atomic E-state index is 0.0234. The summed E-state index contributed by atoms with van der Waals surface area (Å²) >= 11 is 7.18. The molecular formula is C18H22BClO5S. The van der Waals surface area contributed by atoms with Gasteiger partial charge in [0, 0.05) is 17.7 Å². The first-order valence-electron chi connectivity index (χ1n) is 8.14. The van der Waals surface area contributed by atoms with E-state index in [1.807, 2.05) is 27.7 Å². The molecule has 0 aromatic heterocycles. The zero-order valence-electron chi connectivity index (χ0n) is 15.5. The Labute approximate surface area is 163 Å². The zero-order chi connectivity index (χ0) is 19.7. The minimum atomic E-state index is -1.06. The van der Waals surface area contributed by atoms with Crippen molar-refractivity contribution in [3.63, 3.8) is 0 Å². The highest BCUT2D eigenvalue weighted by atomic mass is 35.5. The summed E-state index contributed by atoms with van der Waals surface area (Å²) in [5.41, 5.74) is 0.415. The van der Waals surface area contributed by atoms with E-state index in [2.05, 4.69) is 0 Å². The van der Waals surface area contributed by atoms with Gasteiger partial charge in [0.2, 0.25) is 0 Å². The molecule has 0 amide bonds. The number of rotatable bonds is 5. The molecule has 1 aromatic carbocycles. The van der Waals surface area contributed by atoms with E-state index in [0.29, 0.717) is 16.3 Å². The Morgan fingerprint density at radius 1 is 1.19 bits per heavy atom. The highest BCUT2D eigenvalue weighted by Crippen LogP contribution is 2.39. The van der Waals surface area contributed by atoms with E-state index in [0.717, 1.165) is 17.2 Å². The van der Waals surface area contributed by atoms with Crippen molar-refractivity contribution in [3.8, 4) is 0 Å². The van der Waals surface area contributed by atoms with Gasteiger partial charge in [0.15, 0.2) is 5.12 Å². The summed E-state index contributed by atoms with van der Waals surface area (Å²) in [7, 11) is -0.626. The minimum Gasteiger partial charge on any atom is -0.478 e. The first kappa shape index (κ1) is 21.0. The second-order valence-electron chi connectivity index (χ2n) is 7.17. The van der Waals surface area contributed by atoms with Crippen LogP contribution in [0.25, 0.3) is 6.08 Å². The summed E-state index contributed by atoms with van der Waals surface area (Å²) in [6, 6.07) is 4.58. The lowest BCUT2D eigenvalue weighted by molar-refractivity contribution is -0.109. The molecule has 2 rings (SSSR count). The molecule has 1 saturated heterocycles. The van der Waals surface area contributed by atoms with Crippen LogP contribution in [0.1, 0.15) is 50.5 Å². The summed E-state index contributed by atoms with van der Waals surface area (Å²) in [6.07, 6.45) is 1.77. The summed E-state index contributed by atoms with van der Waals surface area (Å²) in [5, 5.41) is 9.51. The highest BCUT2D eigenvalue weighted by molar-refractivity contribution is 8.13. The topological polar surface area (TPSA) is 72.8 Å². The maximum atomic E-state index is 11.4. The van der Waals surface area contributed by atoms with Gasteiger partial charge >= 0.3 is 13.1 Å². The molecule has 26 heavy (non-hydrogen) atoms. The van der Waals surface area contributed by atoms with Crippen LogP contribution in [0.15, 0.2) is 23.7 Å².